The van der Waals surface area contributed by atoms with Crippen LogP contribution in [-0.4, -0.2) is 14.1 Å². The van der Waals surface area contributed by atoms with Gasteiger partial charge in [0.2, 0.25) is 0 Å². The standard InChI is InChI=1S/C36H22N4/c37-23-24-10-8-11-25(20-24)31-16-9-19-36(38-31)40-33-18-7-5-15-28(33)30-21-34-29(22-35(30)40)27-14-4-6-17-32(27)39(34)26-12-2-1-3-13-26/h1-22H. The molecule has 0 amide bonds. The zero-order valence-electron chi connectivity index (χ0n) is 21.5. The summed E-state index contributed by atoms with van der Waals surface area (Å²) in [7, 11) is 0. The number of aromatic nitrogens is 3. The monoisotopic (exact) mass is 510 g/mol. The van der Waals surface area contributed by atoms with E-state index >= 15 is 0 Å². The number of hydrogen-bond acceptors (Lipinski definition) is 2. The maximum absolute atomic E-state index is 9.41. The molecule has 0 N–H and O–H groups in total. The van der Waals surface area contributed by atoms with Crippen LogP contribution in [0, 0.1) is 11.3 Å². The maximum atomic E-state index is 9.41. The normalized spacial score (nSPS) is 11.5. The van der Waals surface area contributed by atoms with Crippen molar-refractivity contribution in [2.24, 2.45) is 0 Å². The second kappa shape index (κ2) is 8.69. The smallest absolute Gasteiger partial charge is 0.138 e. The van der Waals surface area contributed by atoms with Crippen LogP contribution in [0.5, 0.6) is 0 Å². The molecule has 3 aromatic heterocycles. The summed E-state index contributed by atoms with van der Waals surface area (Å²) in [6, 6.07) is 48.3. The van der Waals surface area contributed by atoms with Gasteiger partial charge in [-0.15, -0.1) is 0 Å². The zero-order valence-corrected chi connectivity index (χ0v) is 21.5. The Morgan fingerprint density at radius 2 is 1.12 bits per heavy atom. The van der Waals surface area contributed by atoms with Crippen molar-refractivity contribution >= 4 is 43.6 Å². The van der Waals surface area contributed by atoms with Crippen LogP contribution < -0.4 is 0 Å². The lowest BCUT2D eigenvalue weighted by Crippen LogP contribution is -1.98. The van der Waals surface area contributed by atoms with E-state index in [4.69, 9.17) is 4.98 Å². The molecule has 186 valence electrons. The fourth-order valence-corrected chi connectivity index (χ4v) is 5.99. The van der Waals surface area contributed by atoms with Gasteiger partial charge in [0.1, 0.15) is 5.82 Å². The molecule has 0 unspecified atom stereocenters. The lowest BCUT2D eigenvalue weighted by atomic mass is 10.1. The summed E-state index contributed by atoms with van der Waals surface area (Å²) >= 11 is 0. The van der Waals surface area contributed by atoms with Crippen molar-refractivity contribution in [3.8, 4) is 28.8 Å². The molecule has 0 fully saturated rings. The molecule has 0 saturated carbocycles. The Morgan fingerprint density at radius 3 is 1.85 bits per heavy atom. The highest BCUT2D eigenvalue weighted by atomic mass is 15.1. The van der Waals surface area contributed by atoms with E-state index in [9.17, 15) is 5.26 Å². The van der Waals surface area contributed by atoms with Crippen LogP contribution in [0.2, 0.25) is 0 Å². The first-order valence-electron chi connectivity index (χ1n) is 13.3. The van der Waals surface area contributed by atoms with Crippen LogP contribution in [0.1, 0.15) is 5.56 Å². The number of fused-ring (bicyclic) bond motifs is 6. The van der Waals surface area contributed by atoms with E-state index in [2.05, 4.69) is 112 Å². The molecule has 0 aliphatic carbocycles. The average molecular weight is 511 g/mol. The van der Waals surface area contributed by atoms with Crippen LogP contribution in [0.3, 0.4) is 0 Å². The molecule has 0 aliphatic heterocycles. The fourth-order valence-electron chi connectivity index (χ4n) is 5.99. The van der Waals surface area contributed by atoms with E-state index in [-0.39, 0.29) is 0 Å². The van der Waals surface area contributed by atoms with Crippen molar-refractivity contribution in [1.82, 2.24) is 14.1 Å². The summed E-state index contributed by atoms with van der Waals surface area (Å²) < 4.78 is 4.62. The van der Waals surface area contributed by atoms with Crippen LogP contribution in [0.4, 0.5) is 0 Å². The summed E-state index contributed by atoms with van der Waals surface area (Å²) in [6.07, 6.45) is 0. The highest BCUT2D eigenvalue weighted by Crippen LogP contribution is 2.39. The number of nitriles is 1. The van der Waals surface area contributed by atoms with E-state index in [1.165, 1.54) is 32.6 Å². The molecule has 4 nitrogen and oxygen atoms in total. The Balaban J connectivity index is 1.46. The second-order valence-electron chi connectivity index (χ2n) is 10.0. The third-order valence-electron chi connectivity index (χ3n) is 7.73. The molecular formula is C36H22N4. The molecule has 0 bridgehead atoms. The molecule has 0 aliphatic rings. The number of rotatable bonds is 3. The van der Waals surface area contributed by atoms with Crippen molar-refractivity contribution in [3.05, 3.63) is 139 Å². The lowest BCUT2D eigenvalue weighted by Gasteiger charge is -2.10. The lowest BCUT2D eigenvalue weighted by molar-refractivity contribution is 1.08. The van der Waals surface area contributed by atoms with Crippen LogP contribution in [0.15, 0.2) is 133 Å². The molecule has 3 heterocycles. The summed E-state index contributed by atoms with van der Waals surface area (Å²) in [5, 5.41) is 14.2. The number of para-hydroxylation sites is 3. The van der Waals surface area contributed by atoms with E-state index in [1.54, 1.807) is 0 Å². The van der Waals surface area contributed by atoms with Gasteiger partial charge in [-0.25, -0.2) is 4.98 Å². The molecule has 8 rings (SSSR count). The molecular weight excluding hydrogens is 488 g/mol. The van der Waals surface area contributed by atoms with Gasteiger partial charge < -0.3 is 4.57 Å². The molecule has 4 heteroatoms. The predicted octanol–water partition coefficient (Wildman–Crippen LogP) is 8.81. The Kier molecular flexibility index (Phi) is 4.85. The summed E-state index contributed by atoms with van der Waals surface area (Å²) in [5.74, 6) is 0.845. The number of hydrogen-bond donors (Lipinski definition) is 0. The Hall–Kier alpha value is -5.66. The Bertz CT molecular complexity index is 2280. The van der Waals surface area contributed by atoms with Gasteiger partial charge >= 0.3 is 0 Å². The van der Waals surface area contributed by atoms with Crippen LogP contribution >= 0.6 is 0 Å². The van der Waals surface area contributed by atoms with Gasteiger partial charge in [-0.3, -0.25) is 4.57 Å². The fraction of sp³-hybridized carbons (Fsp3) is 0. The number of benzene rings is 5. The van der Waals surface area contributed by atoms with Crippen molar-refractivity contribution < 1.29 is 0 Å². The molecule has 0 atom stereocenters. The van der Waals surface area contributed by atoms with Crippen molar-refractivity contribution in [2.45, 2.75) is 0 Å². The third-order valence-corrected chi connectivity index (χ3v) is 7.73. The minimum Gasteiger partial charge on any atom is -0.309 e. The quantitative estimate of drug-likeness (QED) is 0.238. The van der Waals surface area contributed by atoms with Crippen LogP contribution in [-0.2, 0) is 0 Å². The largest absolute Gasteiger partial charge is 0.309 e. The topological polar surface area (TPSA) is 46.5 Å². The molecule has 0 radical (unpaired) electrons. The predicted molar refractivity (Wildman–Crippen MR) is 163 cm³/mol. The van der Waals surface area contributed by atoms with Crippen molar-refractivity contribution in [1.29, 1.82) is 5.26 Å². The second-order valence-corrected chi connectivity index (χ2v) is 10.0. The Morgan fingerprint density at radius 1 is 0.500 bits per heavy atom. The van der Waals surface area contributed by atoms with Gasteiger partial charge in [-0.2, -0.15) is 5.26 Å². The highest BCUT2D eigenvalue weighted by molar-refractivity contribution is 6.18. The third kappa shape index (κ3) is 3.28. The molecule has 8 aromatic rings. The van der Waals surface area contributed by atoms with Crippen molar-refractivity contribution in [3.63, 3.8) is 0 Å². The van der Waals surface area contributed by atoms with Gasteiger partial charge in [-0.05, 0) is 60.7 Å². The van der Waals surface area contributed by atoms with E-state index in [0.29, 0.717) is 5.56 Å². The minimum atomic E-state index is 0.624. The molecule has 5 aromatic carbocycles. The van der Waals surface area contributed by atoms with Crippen LogP contribution in [0.25, 0.3) is 66.4 Å². The van der Waals surface area contributed by atoms with E-state index < -0.39 is 0 Å². The van der Waals surface area contributed by atoms with Gasteiger partial charge in [0, 0.05) is 32.8 Å². The molecule has 0 saturated heterocycles. The zero-order chi connectivity index (χ0) is 26.6. The van der Waals surface area contributed by atoms with Gasteiger partial charge in [0.05, 0.1) is 39.4 Å². The molecule has 0 spiro atoms. The first-order chi connectivity index (χ1) is 19.8. The summed E-state index contributed by atoms with van der Waals surface area (Å²) in [6.45, 7) is 0. The summed E-state index contributed by atoms with van der Waals surface area (Å²) in [5.41, 5.74) is 8.11. The maximum Gasteiger partial charge on any atom is 0.138 e. The highest BCUT2D eigenvalue weighted by Gasteiger charge is 2.18. The molecule has 40 heavy (non-hydrogen) atoms. The minimum absolute atomic E-state index is 0.624. The van der Waals surface area contributed by atoms with E-state index in [0.717, 1.165) is 33.8 Å². The van der Waals surface area contributed by atoms with Crippen molar-refractivity contribution in [2.75, 3.05) is 0 Å². The first kappa shape index (κ1) is 22.3. The van der Waals surface area contributed by atoms with Gasteiger partial charge in [0.15, 0.2) is 0 Å². The average Bonchev–Trinajstić information content (AvgIpc) is 3.52. The first-order valence-corrected chi connectivity index (χ1v) is 13.3. The van der Waals surface area contributed by atoms with Gasteiger partial charge in [-0.1, -0.05) is 72.8 Å². The Labute approximate surface area is 230 Å². The number of nitrogens with zero attached hydrogens (tertiary/aromatic N) is 4. The van der Waals surface area contributed by atoms with E-state index in [1.807, 2.05) is 36.4 Å². The van der Waals surface area contributed by atoms with Gasteiger partial charge in [0.25, 0.3) is 0 Å². The number of pyridine rings is 1. The summed E-state index contributed by atoms with van der Waals surface area (Å²) in [4.78, 5) is 5.10. The SMILES string of the molecule is N#Cc1cccc(-c2cccc(-n3c4ccccc4c4cc5c(cc43)c3ccccc3n5-c3ccccc3)n2)c1.